The molecule has 3 rings (SSSR count). The molecule has 0 amide bonds. The molecule has 5 nitrogen and oxygen atoms in total. The zero-order valence-electron chi connectivity index (χ0n) is 11.8. The van der Waals surface area contributed by atoms with Crippen molar-refractivity contribution in [2.24, 2.45) is 0 Å². The molecule has 0 radical (unpaired) electrons. The second-order valence-electron chi connectivity index (χ2n) is 5.70. The fourth-order valence-corrected chi connectivity index (χ4v) is 2.77. The molecule has 104 valence electrons. The van der Waals surface area contributed by atoms with E-state index in [9.17, 15) is 0 Å². The number of aromatic nitrogens is 4. The first kappa shape index (κ1) is 13.1. The molecule has 3 aromatic rings. The van der Waals surface area contributed by atoms with Crippen molar-refractivity contribution in [3.05, 3.63) is 40.5 Å². The molecule has 0 unspecified atom stereocenters. The van der Waals surface area contributed by atoms with Crippen LogP contribution in [0.15, 0.2) is 29.8 Å². The van der Waals surface area contributed by atoms with Gasteiger partial charge in [-0.15, -0.1) is 21.5 Å². The van der Waals surface area contributed by atoms with Crippen LogP contribution in [0.3, 0.4) is 0 Å². The van der Waals surface area contributed by atoms with Gasteiger partial charge in [0, 0.05) is 17.0 Å². The normalized spacial score (nSPS) is 11.9. The number of anilines is 1. The highest BCUT2D eigenvalue weighted by Crippen LogP contribution is 2.25. The summed E-state index contributed by atoms with van der Waals surface area (Å²) in [6.07, 6.45) is 1.94. The Hall–Kier alpha value is -1.95. The average Bonchev–Trinajstić information content (AvgIpc) is 3.02. The molecule has 0 aliphatic rings. The lowest BCUT2D eigenvalue weighted by molar-refractivity contribution is 0.583. The quantitative estimate of drug-likeness (QED) is 0.804. The SMILES string of the molecule is CC(C)(C)c1nc(CNc2nnc3ccccn23)cs1. The van der Waals surface area contributed by atoms with Gasteiger partial charge in [-0.25, -0.2) is 4.98 Å². The predicted octanol–water partition coefficient (Wildman–Crippen LogP) is 3.10. The molecule has 3 heterocycles. The summed E-state index contributed by atoms with van der Waals surface area (Å²) in [5.74, 6) is 0.742. The Morgan fingerprint density at radius 2 is 2.10 bits per heavy atom. The molecule has 0 bridgehead atoms. The number of fused-ring (bicyclic) bond motifs is 1. The largest absolute Gasteiger partial charge is 0.348 e. The summed E-state index contributed by atoms with van der Waals surface area (Å²) in [6, 6.07) is 5.84. The van der Waals surface area contributed by atoms with E-state index >= 15 is 0 Å². The van der Waals surface area contributed by atoms with Crippen LogP contribution in [0.25, 0.3) is 5.65 Å². The topological polar surface area (TPSA) is 55.1 Å². The number of nitrogens with one attached hydrogen (secondary N) is 1. The summed E-state index contributed by atoms with van der Waals surface area (Å²) < 4.78 is 1.93. The van der Waals surface area contributed by atoms with Crippen LogP contribution in [0.5, 0.6) is 0 Å². The van der Waals surface area contributed by atoms with E-state index in [0.717, 1.165) is 22.3 Å². The fraction of sp³-hybridized carbons (Fsp3) is 0.357. The molecule has 0 aliphatic heterocycles. The number of hydrogen-bond donors (Lipinski definition) is 1. The zero-order valence-corrected chi connectivity index (χ0v) is 12.6. The maximum atomic E-state index is 4.66. The maximum Gasteiger partial charge on any atom is 0.229 e. The van der Waals surface area contributed by atoms with Crippen LogP contribution in [-0.4, -0.2) is 19.6 Å². The van der Waals surface area contributed by atoms with Gasteiger partial charge in [-0.3, -0.25) is 4.40 Å². The van der Waals surface area contributed by atoms with Gasteiger partial charge in [-0.2, -0.15) is 0 Å². The maximum absolute atomic E-state index is 4.66. The lowest BCUT2D eigenvalue weighted by atomic mass is 9.98. The van der Waals surface area contributed by atoms with Crippen LogP contribution in [-0.2, 0) is 12.0 Å². The third-order valence-electron chi connectivity index (χ3n) is 2.93. The van der Waals surface area contributed by atoms with Crippen molar-refractivity contribution in [3.8, 4) is 0 Å². The highest BCUT2D eigenvalue weighted by molar-refractivity contribution is 7.09. The number of pyridine rings is 1. The minimum atomic E-state index is 0.102. The first-order valence-corrected chi connectivity index (χ1v) is 7.40. The first-order chi connectivity index (χ1) is 9.54. The van der Waals surface area contributed by atoms with E-state index in [2.05, 4.69) is 46.6 Å². The average molecular weight is 287 g/mol. The smallest absolute Gasteiger partial charge is 0.229 e. The molecule has 1 N–H and O–H groups in total. The minimum Gasteiger partial charge on any atom is -0.348 e. The monoisotopic (exact) mass is 287 g/mol. The third kappa shape index (κ3) is 2.51. The molecular formula is C14H17N5S. The van der Waals surface area contributed by atoms with Gasteiger partial charge in [-0.05, 0) is 12.1 Å². The third-order valence-corrected chi connectivity index (χ3v) is 4.25. The molecular weight excluding hydrogens is 270 g/mol. The molecule has 0 fully saturated rings. The van der Waals surface area contributed by atoms with Gasteiger partial charge < -0.3 is 5.32 Å². The number of rotatable bonds is 3. The predicted molar refractivity (Wildman–Crippen MR) is 81.1 cm³/mol. The van der Waals surface area contributed by atoms with Crippen LogP contribution in [0.2, 0.25) is 0 Å². The zero-order chi connectivity index (χ0) is 14.2. The summed E-state index contributed by atoms with van der Waals surface area (Å²) in [5.41, 5.74) is 1.97. The second kappa shape index (κ2) is 4.86. The van der Waals surface area contributed by atoms with Gasteiger partial charge in [0.15, 0.2) is 5.65 Å². The van der Waals surface area contributed by atoms with Gasteiger partial charge in [0.25, 0.3) is 0 Å². The van der Waals surface area contributed by atoms with Crippen LogP contribution >= 0.6 is 11.3 Å². The molecule has 0 saturated heterocycles. The van der Waals surface area contributed by atoms with Gasteiger partial charge in [0.05, 0.1) is 17.2 Å². The van der Waals surface area contributed by atoms with Crippen molar-refractivity contribution in [3.63, 3.8) is 0 Å². The Bertz CT molecular complexity index is 722. The number of hydrogen-bond acceptors (Lipinski definition) is 5. The van der Waals surface area contributed by atoms with Crippen molar-refractivity contribution < 1.29 is 0 Å². The molecule has 0 aliphatic carbocycles. The Labute approximate surface area is 121 Å². The van der Waals surface area contributed by atoms with Crippen molar-refractivity contribution >= 4 is 22.9 Å². The van der Waals surface area contributed by atoms with Crippen LogP contribution in [0, 0.1) is 0 Å². The minimum absolute atomic E-state index is 0.102. The molecule has 0 aromatic carbocycles. The van der Waals surface area contributed by atoms with E-state index in [4.69, 9.17) is 0 Å². The summed E-state index contributed by atoms with van der Waals surface area (Å²) >= 11 is 1.70. The summed E-state index contributed by atoms with van der Waals surface area (Å²) in [7, 11) is 0. The molecule has 20 heavy (non-hydrogen) atoms. The highest BCUT2D eigenvalue weighted by Gasteiger charge is 2.17. The summed E-state index contributed by atoms with van der Waals surface area (Å²) in [5, 5.41) is 14.8. The molecule has 0 spiro atoms. The molecule has 3 aromatic heterocycles. The Kier molecular flexibility index (Phi) is 3.17. The number of nitrogens with zero attached hydrogens (tertiary/aromatic N) is 4. The second-order valence-corrected chi connectivity index (χ2v) is 6.56. The van der Waals surface area contributed by atoms with Crippen molar-refractivity contribution in [1.82, 2.24) is 19.6 Å². The van der Waals surface area contributed by atoms with Gasteiger partial charge in [0.1, 0.15) is 0 Å². The van der Waals surface area contributed by atoms with E-state index in [1.165, 1.54) is 0 Å². The molecule has 6 heteroatoms. The van der Waals surface area contributed by atoms with Crippen molar-refractivity contribution in [2.45, 2.75) is 32.7 Å². The van der Waals surface area contributed by atoms with Crippen LogP contribution < -0.4 is 5.32 Å². The van der Waals surface area contributed by atoms with E-state index < -0.39 is 0 Å². The Balaban J connectivity index is 1.75. The fourth-order valence-electron chi connectivity index (χ4n) is 1.86. The Morgan fingerprint density at radius 1 is 1.25 bits per heavy atom. The lowest BCUT2D eigenvalue weighted by Gasteiger charge is -2.13. The molecule has 0 saturated carbocycles. The van der Waals surface area contributed by atoms with Gasteiger partial charge in [-0.1, -0.05) is 26.8 Å². The van der Waals surface area contributed by atoms with Gasteiger partial charge in [0.2, 0.25) is 5.95 Å². The summed E-state index contributed by atoms with van der Waals surface area (Å²) in [4.78, 5) is 4.66. The van der Waals surface area contributed by atoms with E-state index in [1.54, 1.807) is 11.3 Å². The van der Waals surface area contributed by atoms with Crippen molar-refractivity contribution in [2.75, 3.05) is 5.32 Å². The van der Waals surface area contributed by atoms with Crippen molar-refractivity contribution in [1.29, 1.82) is 0 Å². The van der Waals surface area contributed by atoms with Crippen LogP contribution in [0.4, 0.5) is 5.95 Å². The van der Waals surface area contributed by atoms with Gasteiger partial charge >= 0.3 is 0 Å². The first-order valence-electron chi connectivity index (χ1n) is 6.52. The van der Waals surface area contributed by atoms with E-state index in [0.29, 0.717) is 6.54 Å². The standard InChI is InChI=1S/C14H17N5S/c1-14(2,3)12-16-10(9-20-12)8-15-13-18-17-11-6-4-5-7-19(11)13/h4-7,9H,8H2,1-3H3,(H,15,18). The van der Waals surface area contributed by atoms with E-state index in [-0.39, 0.29) is 5.41 Å². The summed E-state index contributed by atoms with van der Waals surface area (Å²) in [6.45, 7) is 7.18. The number of thiazole rings is 1. The van der Waals surface area contributed by atoms with Crippen LogP contribution in [0.1, 0.15) is 31.5 Å². The molecule has 0 atom stereocenters. The highest BCUT2D eigenvalue weighted by atomic mass is 32.1. The lowest BCUT2D eigenvalue weighted by Crippen LogP contribution is -2.11. The Morgan fingerprint density at radius 3 is 2.85 bits per heavy atom. The van der Waals surface area contributed by atoms with E-state index in [1.807, 2.05) is 28.8 Å².